The van der Waals surface area contributed by atoms with Crippen molar-refractivity contribution >= 4 is 156 Å². The van der Waals surface area contributed by atoms with Crippen molar-refractivity contribution in [3.63, 3.8) is 0 Å². The number of hydrogen-bond donors (Lipinski definition) is 8. The van der Waals surface area contributed by atoms with Crippen LogP contribution in [0.4, 0.5) is 63.1 Å². The number of carboxylic acids is 4. The average molecular weight is 2100 g/mol. The lowest BCUT2D eigenvalue weighted by atomic mass is 9.81. The van der Waals surface area contributed by atoms with Gasteiger partial charge >= 0.3 is 23.9 Å². The number of fused-ring (bicyclic) bond motifs is 4. The zero-order valence-electron chi connectivity index (χ0n) is 80.6. The van der Waals surface area contributed by atoms with Crippen LogP contribution in [0.25, 0.3) is 0 Å². The summed E-state index contributed by atoms with van der Waals surface area (Å²) >= 11 is 5.28. The highest BCUT2D eigenvalue weighted by Gasteiger charge is 2.48. The van der Waals surface area contributed by atoms with E-state index in [0.29, 0.717) is 117 Å². The summed E-state index contributed by atoms with van der Waals surface area (Å²) in [5.41, 5.74) is 2.56. The Kier molecular flexibility index (Phi) is 41.1. The number of carbonyl (C=O) groups is 4. The van der Waals surface area contributed by atoms with Gasteiger partial charge in [-0.3, -0.25) is 0 Å². The second kappa shape index (κ2) is 50.4. The second-order valence-corrected chi connectivity index (χ2v) is 46.9. The molecule has 4 aliphatic rings. The molecule has 8 N–H and O–H groups in total. The summed E-state index contributed by atoms with van der Waals surface area (Å²) in [6, 6.07) is 36.5. The van der Waals surface area contributed by atoms with Crippen molar-refractivity contribution in [1.82, 2.24) is 0 Å². The highest BCUT2D eigenvalue weighted by molar-refractivity contribution is 7.99. The Morgan fingerprint density at radius 1 is 0.314 bits per heavy atom. The molecular weight excluding hydrogens is 1970 g/mol. The van der Waals surface area contributed by atoms with Crippen LogP contribution in [-0.4, -0.2) is 223 Å². The highest BCUT2D eigenvalue weighted by Crippen LogP contribution is 2.54. The van der Waals surface area contributed by atoms with Gasteiger partial charge in [-0.2, -0.15) is 0 Å². The molecule has 140 heavy (non-hydrogen) atoms. The quantitative estimate of drug-likeness (QED) is 0.0131. The predicted octanol–water partition coefficient (Wildman–Crippen LogP) is 19.5. The van der Waals surface area contributed by atoms with Crippen molar-refractivity contribution in [3.8, 4) is 23.0 Å². The largest absolute Gasteiger partial charge is 0.489 e. The van der Waals surface area contributed by atoms with E-state index in [0.717, 1.165) is 77.0 Å². The van der Waals surface area contributed by atoms with Crippen LogP contribution < -0.4 is 38.5 Å². The third-order valence-electron chi connectivity index (χ3n) is 26.0. The smallest absolute Gasteiger partial charge is 0.336 e. The standard InChI is InChI=1S/4C25H32FNO6S2/c4*1-4-6-11-25(5-2)15-27(18-9-7-17(26)8-10-18)19-12-22(34-3)21(33-14-20(28)24(29)30)13-23(19)35(31,32)16-25/h4*7-10,12-13,20,28H,4-6,11,14-16H2,1-3H3,(H,29,30)/t2*20-,25+;2*20-,25-/m1010/s1. The van der Waals surface area contributed by atoms with Gasteiger partial charge in [0.15, 0.2) is 63.8 Å². The number of carboxylic acid groups (broad SMARTS) is 4. The molecule has 0 bridgehead atoms. The third-order valence-corrected chi connectivity index (χ3v) is 37.0. The lowest BCUT2D eigenvalue weighted by Gasteiger charge is -2.36. The molecule has 28 nitrogen and oxygen atoms in total. The normalized spacial score (nSPS) is 20.1. The van der Waals surface area contributed by atoms with Crippen LogP contribution >= 0.6 is 47.0 Å². The van der Waals surface area contributed by atoms with E-state index in [1.165, 1.54) is 120 Å². The maximum absolute atomic E-state index is 13.8. The molecule has 0 fully saturated rings. The fourth-order valence-corrected chi connectivity index (χ4v) is 28.5. The molecule has 0 unspecified atom stereocenters. The maximum Gasteiger partial charge on any atom is 0.336 e. The van der Waals surface area contributed by atoms with Crippen LogP contribution in [0.3, 0.4) is 0 Å². The van der Waals surface area contributed by atoms with E-state index in [9.17, 15) is 90.8 Å². The average Bonchev–Trinajstić information content (AvgIpc) is 1.60. The molecule has 4 aliphatic heterocycles. The first-order valence-electron chi connectivity index (χ1n) is 46.3. The molecule has 0 aromatic heterocycles. The Morgan fingerprint density at radius 3 is 0.629 bits per heavy atom. The molecule has 0 saturated carbocycles. The van der Waals surface area contributed by atoms with E-state index in [1.807, 2.05) is 47.3 Å². The molecule has 4 heterocycles. The Hall–Kier alpha value is -9.20. The van der Waals surface area contributed by atoms with Crippen LogP contribution in [0.15, 0.2) is 185 Å². The molecule has 40 heteroatoms. The van der Waals surface area contributed by atoms with Crippen LogP contribution in [0.2, 0.25) is 0 Å². The number of aliphatic carboxylic acids is 4. The van der Waals surface area contributed by atoms with E-state index in [2.05, 4.69) is 27.7 Å². The van der Waals surface area contributed by atoms with Gasteiger partial charge < -0.3 is 79.4 Å². The molecule has 768 valence electrons. The summed E-state index contributed by atoms with van der Waals surface area (Å²) in [5.74, 6) is -6.64. The number of nitrogens with zero attached hydrogens (tertiary/aromatic N) is 4. The number of sulfone groups is 4. The molecule has 0 spiro atoms. The number of aliphatic hydroxyl groups excluding tert-OH is 4. The molecule has 8 aromatic rings. The van der Waals surface area contributed by atoms with Crippen molar-refractivity contribution in [2.45, 2.75) is 222 Å². The van der Waals surface area contributed by atoms with Crippen LogP contribution in [0, 0.1) is 44.9 Å². The van der Waals surface area contributed by atoms with E-state index < -0.39 is 136 Å². The van der Waals surface area contributed by atoms with Gasteiger partial charge in [0.25, 0.3) is 0 Å². The van der Waals surface area contributed by atoms with Gasteiger partial charge in [0.05, 0.1) is 84.9 Å². The molecule has 8 atom stereocenters. The second-order valence-electron chi connectivity index (χ2n) is 35.7. The number of ether oxygens (including phenoxy) is 4. The van der Waals surface area contributed by atoms with Gasteiger partial charge in [-0.25, -0.2) is 70.4 Å². The molecule has 8 aromatic carbocycles. The summed E-state index contributed by atoms with van der Waals surface area (Å²) < 4.78 is 187. The first-order chi connectivity index (χ1) is 66.2. The molecular formula is C100H128F4N4O24S8. The van der Waals surface area contributed by atoms with Crippen LogP contribution in [0.1, 0.15) is 158 Å². The van der Waals surface area contributed by atoms with Crippen molar-refractivity contribution in [2.24, 2.45) is 21.7 Å². The Labute approximate surface area is 835 Å². The Morgan fingerprint density at radius 2 is 0.486 bits per heavy atom. The minimum absolute atomic E-state index is 0.0446. The van der Waals surface area contributed by atoms with E-state index in [-0.39, 0.29) is 88.9 Å². The van der Waals surface area contributed by atoms with Crippen molar-refractivity contribution < 1.29 is 130 Å². The molecule has 0 amide bonds. The summed E-state index contributed by atoms with van der Waals surface area (Å²) in [4.78, 5) is 54.5. The van der Waals surface area contributed by atoms with Crippen molar-refractivity contribution in [3.05, 3.63) is 169 Å². The molecule has 0 radical (unpaired) electrons. The van der Waals surface area contributed by atoms with Gasteiger partial charge in [-0.1, -0.05) is 107 Å². The number of anilines is 8. The molecule has 0 saturated heterocycles. The predicted molar refractivity (Wildman–Crippen MR) is 540 cm³/mol. The van der Waals surface area contributed by atoms with Gasteiger partial charge in [0, 0.05) is 94.9 Å². The fourth-order valence-electron chi connectivity index (χ4n) is 17.6. The topological polar surface area (TPSA) is 417 Å². The number of thioether (sulfide) groups is 4. The monoisotopic (exact) mass is 2100 g/mol. The number of benzene rings is 8. The summed E-state index contributed by atoms with van der Waals surface area (Å²) in [5, 5.41) is 74.5. The van der Waals surface area contributed by atoms with Crippen LogP contribution in [-0.2, 0) is 58.5 Å². The van der Waals surface area contributed by atoms with Crippen molar-refractivity contribution in [1.29, 1.82) is 0 Å². The van der Waals surface area contributed by atoms with Crippen LogP contribution in [0.5, 0.6) is 23.0 Å². The van der Waals surface area contributed by atoms with Gasteiger partial charge in [-0.05, 0) is 198 Å². The fraction of sp³-hybridized carbons (Fsp3) is 0.480. The lowest BCUT2D eigenvalue weighted by Crippen LogP contribution is -2.37. The molecule has 12 rings (SSSR count). The van der Waals surface area contributed by atoms with Crippen molar-refractivity contribution in [2.75, 3.05) is 120 Å². The highest BCUT2D eigenvalue weighted by atomic mass is 32.2. The lowest BCUT2D eigenvalue weighted by molar-refractivity contribution is -0.148. The Balaban J connectivity index is 0.000000209. The first-order valence-corrected chi connectivity index (χ1v) is 57.8. The van der Waals surface area contributed by atoms with Gasteiger partial charge in [-0.15, -0.1) is 47.0 Å². The van der Waals surface area contributed by atoms with E-state index >= 15 is 0 Å². The summed E-state index contributed by atoms with van der Waals surface area (Å²) in [6.45, 7) is 16.0. The zero-order valence-corrected chi connectivity index (χ0v) is 87.2. The SMILES string of the molecule is CCCC[C@@]1(CC)CN(c2ccc(F)cc2)c2cc(SC)c(OC[C@@H](O)C(=O)O)cc2S(=O)(=O)C1.CCCC[C@@]1(CC)CN(c2ccc(F)cc2)c2cc(SC)c(OC[C@H](O)C(=O)O)cc2S(=O)(=O)C1.CCCC[C@]1(CC)CN(c2ccc(F)cc2)c2cc(SC)c(OC[C@@H](O)C(=O)O)cc2S(=O)(=O)C1.CCCC[C@]1(CC)CN(c2ccc(F)cc2)c2cc(SC)c(OC[C@H](O)C(=O)O)cc2S(=O)(=O)C1. The number of halogens is 4. The summed E-state index contributed by atoms with van der Waals surface area (Å²) in [6.07, 6.45) is 13.1. The van der Waals surface area contributed by atoms with E-state index in [4.69, 9.17) is 39.4 Å². The minimum atomic E-state index is -3.76. The minimum Gasteiger partial charge on any atom is -0.489 e. The zero-order chi connectivity index (χ0) is 103. The number of rotatable bonds is 40. The Bertz CT molecular complexity index is 5350. The third kappa shape index (κ3) is 28.7. The number of hydrogen-bond acceptors (Lipinski definition) is 28. The number of unbranched alkanes of at least 4 members (excludes halogenated alkanes) is 4. The van der Waals surface area contributed by atoms with Gasteiger partial charge in [0.2, 0.25) is 0 Å². The maximum atomic E-state index is 13.8. The van der Waals surface area contributed by atoms with Gasteiger partial charge in [0.1, 0.15) is 72.7 Å². The van der Waals surface area contributed by atoms with E-state index in [1.54, 1.807) is 97.8 Å². The summed E-state index contributed by atoms with van der Waals surface area (Å²) in [7, 11) is -15.1. The first kappa shape index (κ1) is 114. The molecule has 0 aliphatic carbocycles. The number of aliphatic hydroxyl groups is 4.